The van der Waals surface area contributed by atoms with Crippen LogP contribution in [0.15, 0.2) is 54.7 Å². The summed E-state index contributed by atoms with van der Waals surface area (Å²) in [6, 6.07) is 14.3. The molecular formula is C21H23N3O3. The van der Waals surface area contributed by atoms with Crippen molar-refractivity contribution in [2.75, 3.05) is 19.6 Å². The van der Waals surface area contributed by atoms with Gasteiger partial charge >= 0.3 is 0 Å². The summed E-state index contributed by atoms with van der Waals surface area (Å²) in [6.45, 7) is 1.92. The summed E-state index contributed by atoms with van der Waals surface area (Å²) >= 11 is 0. The number of carbonyl (C=O) groups excluding carboxylic acids is 2. The molecule has 0 bridgehead atoms. The number of carbonyl (C=O) groups is 2. The maximum Gasteiger partial charge on any atom is 0.273 e. The Balaban J connectivity index is 1.55. The zero-order valence-electron chi connectivity index (χ0n) is 15.2. The Morgan fingerprint density at radius 2 is 1.74 bits per heavy atom. The average molecular weight is 365 g/mol. The number of nitrogens with zero attached hydrogens (tertiary/aromatic N) is 3. The summed E-state index contributed by atoms with van der Waals surface area (Å²) in [5, 5.41) is 0. The first-order chi connectivity index (χ1) is 13.2. The number of amides is 2. The van der Waals surface area contributed by atoms with Crippen LogP contribution in [0, 0.1) is 0 Å². The van der Waals surface area contributed by atoms with E-state index in [-0.39, 0.29) is 17.9 Å². The van der Waals surface area contributed by atoms with Gasteiger partial charge in [-0.2, -0.15) is 0 Å². The van der Waals surface area contributed by atoms with Gasteiger partial charge in [-0.25, -0.2) is 0 Å². The Hall–Kier alpha value is -2.89. The van der Waals surface area contributed by atoms with Gasteiger partial charge in [0.1, 0.15) is 23.6 Å². The van der Waals surface area contributed by atoms with Gasteiger partial charge in [0, 0.05) is 25.7 Å². The first-order valence-electron chi connectivity index (χ1n) is 9.45. The number of hydrogen-bond acceptors (Lipinski definition) is 4. The van der Waals surface area contributed by atoms with E-state index in [0.29, 0.717) is 18.7 Å². The SMILES string of the molecule is O=C([C@@H]1C[C@H](Oc2ccccc2)CN1C(=O)c1ccccn1)N1CCCC1. The maximum absolute atomic E-state index is 13.0. The maximum atomic E-state index is 13.0. The van der Waals surface area contributed by atoms with Crippen molar-refractivity contribution in [2.24, 2.45) is 0 Å². The van der Waals surface area contributed by atoms with Crippen LogP contribution in [-0.2, 0) is 4.79 Å². The number of benzene rings is 1. The molecule has 0 radical (unpaired) electrons. The smallest absolute Gasteiger partial charge is 0.273 e. The Morgan fingerprint density at radius 3 is 2.44 bits per heavy atom. The minimum atomic E-state index is -0.494. The van der Waals surface area contributed by atoms with Crippen LogP contribution in [0.5, 0.6) is 5.75 Å². The van der Waals surface area contributed by atoms with Gasteiger partial charge in [-0.3, -0.25) is 14.6 Å². The lowest BCUT2D eigenvalue weighted by atomic mass is 10.1. The molecule has 2 aliphatic rings. The highest BCUT2D eigenvalue weighted by atomic mass is 16.5. The standard InChI is InChI=1S/C21H23N3O3/c25-20(18-10-4-5-11-22-18)24-15-17(27-16-8-2-1-3-9-16)14-19(24)21(26)23-12-6-7-13-23/h1-5,8-11,17,19H,6-7,12-15H2/t17-,19-/m0/s1. The van der Waals surface area contributed by atoms with Crippen LogP contribution in [0.4, 0.5) is 0 Å². The van der Waals surface area contributed by atoms with E-state index in [0.717, 1.165) is 31.7 Å². The minimum Gasteiger partial charge on any atom is -0.488 e. The Kier molecular flexibility index (Phi) is 5.05. The van der Waals surface area contributed by atoms with Crippen molar-refractivity contribution in [2.45, 2.75) is 31.4 Å². The van der Waals surface area contributed by atoms with Gasteiger partial charge in [0.15, 0.2) is 0 Å². The Morgan fingerprint density at radius 1 is 1.00 bits per heavy atom. The third kappa shape index (κ3) is 3.79. The fourth-order valence-electron chi connectivity index (χ4n) is 3.82. The van der Waals surface area contributed by atoms with Gasteiger partial charge in [-0.1, -0.05) is 24.3 Å². The topological polar surface area (TPSA) is 62.7 Å². The second kappa shape index (κ2) is 7.78. The molecule has 0 saturated carbocycles. The number of ether oxygens (including phenoxy) is 1. The van der Waals surface area contributed by atoms with E-state index in [9.17, 15) is 9.59 Å². The zero-order chi connectivity index (χ0) is 18.6. The predicted molar refractivity (Wildman–Crippen MR) is 100 cm³/mol. The summed E-state index contributed by atoms with van der Waals surface area (Å²) in [5.74, 6) is 0.560. The molecule has 0 spiro atoms. The number of likely N-dealkylation sites (tertiary alicyclic amines) is 2. The highest BCUT2D eigenvalue weighted by Gasteiger charge is 2.43. The van der Waals surface area contributed by atoms with Crippen LogP contribution in [0.3, 0.4) is 0 Å². The molecule has 1 aromatic carbocycles. The Labute approximate surface area is 158 Å². The van der Waals surface area contributed by atoms with Crippen molar-refractivity contribution in [1.29, 1.82) is 0 Å². The molecule has 1 aromatic heterocycles. The third-order valence-electron chi connectivity index (χ3n) is 5.16. The van der Waals surface area contributed by atoms with E-state index in [1.165, 1.54) is 0 Å². The highest BCUT2D eigenvalue weighted by molar-refractivity contribution is 5.96. The van der Waals surface area contributed by atoms with Gasteiger partial charge in [0.05, 0.1) is 6.54 Å². The molecule has 6 nitrogen and oxygen atoms in total. The second-order valence-electron chi connectivity index (χ2n) is 7.01. The lowest BCUT2D eigenvalue weighted by Gasteiger charge is -2.27. The molecular weight excluding hydrogens is 342 g/mol. The molecule has 2 amide bonds. The van der Waals surface area contributed by atoms with E-state index in [1.54, 1.807) is 29.3 Å². The average Bonchev–Trinajstić information content (AvgIpc) is 3.39. The summed E-state index contributed by atoms with van der Waals surface area (Å²) in [5.41, 5.74) is 0.358. The monoisotopic (exact) mass is 365 g/mol. The minimum absolute atomic E-state index is 0.0240. The largest absolute Gasteiger partial charge is 0.488 e. The van der Waals surface area contributed by atoms with E-state index in [1.807, 2.05) is 35.2 Å². The molecule has 2 fully saturated rings. The quantitative estimate of drug-likeness (QED) is 0.835. The van der Waals surface area contributed by atoms with Crippen LogP contribution in [0.25, 0.3) is 0 Å². The van der Waals surface area contributed by atoms with Gasteiger partial charge in [0.25, 0.3) is 5.91 Å². The number of rotatable bonds is 4. The molecule has 0 unspecified atom stereocenters. The fourth-order valence-corrected chi connectivity index (χ4v) is 3.82. The number of aromatic nitrogens is 1. The highest BCUT2D eigenvalue weighted by Crippen LogP contribution is 2.27. The van der Waals surface area contributed by atoms with Crippen molar-refractivity contribution >= 4 is 11.8 Å². The summed E-state index contributed by atoms with van der Waals surface area (Å²) in [7, 11) is 0. The molecule has 2 aliphatic heterocycles. The van der Waals surface area contributed by atoms with Crippen molar-refractivity contribution in [3.05, 3.63) is 60.4 Å². The van der Waals surface area contributed by atoms with Crippen LogP contribution >= 0.6 is 0 Å². The van der Waals surface area contributed by atoms with Gasteiger partial charge in [-0.05, 0) is 37.1 Å². The molecule has 2 atom stereocenters. The van der Waals surface area contributed by atoms with E-state index >= 15 is 0 Å². The molecule has 2 saturated heterocycles. The van der Waals surface area contributed by atoms with Crippen molar-refractivity contribution in [3.63, 3.8) is 0 Å². The molecule has 4 rings (SSSR count). The van der Waals surface area contributed by atoms with Crippen LogP contribution < -0.4 is 4.74 Å². The summed E-state index contributed by atoms with van der Waals surface area (Å²) < 4.78 is 6.05. The summed E-state index contributed by atoms with van der Waals surface area (Å²) in [4.78, 5) is 33.7. The normalized spacial score (nSPS) is 22.1. The third-order valence-corrected chi connectivity index (χ3v) is 5.16. The van der Waals surface area contributed by atoms with E-state index < -0.39 is 6.04 Å². The molecule has 2 aromatic rings. The predicted octanol–water partition coefficient (Wildman–Crippen LogP) is 2.37. The number of hydrogen-bond donors (Lipinski definition) is 0. The molecule has 27 heavy (non-hydrogen) atoms. The van der Waals surface area contributed by atoms with Crippen LogP contribution in [0.1, 0.15) is 29.8 Å². The van der Waals surface area contributed by atoms with Crippen LogP contribution in [0.2, 0.25) is 0 Å². The first kappa shape index (κ1) is 17.5. The van der Waals surface area contributed by atoms with Crippen LogP contribution in [-0.4, -0.2) is 58.4 Å². The lowest BCUT2D eigenvalue weighted by molar-refractivity contribution is -0.134. The lowest BCUT2D eigenvalue weighted by Crippen LogP contribution is -2.47. The van der Waals surface area contributed by atoms with E-state index in [4.69, 9.17) is 4.74 Å². The number of pyridine rings is 1. The zero-order valence-corrected chi connectivity index (χ0v) is 15.2. The van der Waals surface area contributed by atoms with Gasteiger partial charge in [-0.15, -0.1) is 0 Å². The van der Waals surface area contributed by atoms with Gasteiger partial charge in [0.2, 0.25) is 5.91 Å². The molecule has 140 valence electrons. The molecule has 6 heteroatoms. The number of para-hydroxylation sites is 1. The second-order valence-corrected chi connectivity index (χ2v) is 7.01. The van der Waals surface area contributed by atoms with Crippen molar-refractivity contribution in [3.8, 4) is 5.75 Å². The molecule has 3 heterocycles. The Bertz CT molecular complexity index is 791. The molecule has 0 N–H and O–H groups in total. The molecule has 0 aliphatic carbocycles. The van der Waals surface area contributed by atoms with Gasteiger partial charge < -0.3 is 14.5 Å². The first-order valence-corrected chi connectivity index (χ1v) is 9.45. The summed E-state index contributed by atoms with van der Waals surface area (Å²) in [6.07, 6.45) is 3.94. The van der Waals surface area contributed by atoms with E-state index in [2.05, 4.69) is 4.98 Å². The van der Waals surface area contributed by atoms with Crippen molar-refractivity contribution in [1.82, 2.24) is 14.8 Å². The fraction of sp³-hybridized carbons (Fsp3) is 0.381. The van der Waals surface area contributed by atoms with Crippen molar-refractivity contribution < 1.29 is 14.3 Å².